The number of carboxylic acid groups (broad SMARTS) is 1. The van der Waals surface area contributed by atoms with Crippen molar-refractivity contribution in [2.24, 2.45) is 5.92 Å². The maximum Gasteiger partial charge on any atom is 0.521 e. The van der Waals surface area contributed by atoms with Crippen molar-refractivity contribution in [2.45, 2.75) is 32.7 Å². The van der Waals surface area contributed by atoms with E-state index in [4.69, 9.17) is 11.6 Å². The third-order valence-electron chi connectivity index (χ3n) is 3.27. The molecule has 0 aromatic rings. The number of nitrogens with zero attached hydrogens (tertiary/aromatic N) is 1. The molecule has 0 aromatic carbocycles. The van der Waals surface area contributed by atoms with Gasteiger partial charge in [-0.25, -0.2) is 4.79 Å². The molecule has 1 N–H and O–H groups in total. The number of imide groups is 1. The Kier molecular flexibility index (Phi) is 3.73. The highest BCUT2D eigenvalue weighted by Gasteiger charge is 2.53. The second kappa shape index (κ2) is 4.49. The molecule has 1 aliphatic heterocycles. The molecule has 0 bridgehead atoms. The summed E-state index contributed by atoms with van der Waals surface area (Å²) in [6.07, 6.45) is 0.531. The van der Waals surface area contributed by atoms with Gasteiger partial charge in [0.2, 0.25) is 0 Å². The maximum absolute atomic E-state index is 12.1. The van der Waals surface area contributed by atoms with Gasteiger partial charge < -0.3 is 5.11 Å². The van der Waals surface area contributed by atoms with Crippen LogP contribution in [0.3, 0.4) is 0 Å². The normalized spacial score (nSPS) is 32.6. The van der Waals surface area contributed by atoms with Crippen LogP contribution in [0.5, 0.6) is 0 Å². The number of quaternary nitrogens is 1. The van der Waals surface area contributed by atoms with Crippen LogP contribution in [0.2, 0.25) is 0 Å². The first-order chi connectivity index (χ1) is 6.96. The number of halogens is 1. The molecule has 1 unspecified atom stereocenters. The molecule has 1 saturated heterocycles. The number of amides is 2. The zero-order valence-corrected chi connectivity index (χ0v) is 9.83. The standard InChI is InChI=1S/C10H16ClNO3/c1-7(6-11)9(13)12(10(14)15)5-3-4-8(12)2/h7-8H,3-6H2,1-2H3/p+1/t7-,8-,12?/m1/s1. The number of hydrogen-bond donors (Lipinski definition) is 1. The summed E-state index contributed by atoms with van der Waals surface area (Å²) in [6.45, 7) is 3.90. The van der Waals surface area contributed by atoms with E-state index in [-0.39, 0.29) is 17.8 Å². The van der Waals surface area contributed by atoms with Gasteiger partial charge in [-0.05, 0) is 13.8 Å². The molecule has 0 aliphatic carbocycles. The van der Waals surface area contributed by atoms with Gasteiger partial charge in [0.15, 0.2) is 0 Å². The molecule has 0 aromatic heterocycles. The third kappa shape index (κ3) is 1.88. The summed E-state index contributed by atoms with van der Waals surface area (Å²) in [6, 6.07) is -0.138. The first-order valence-electron chi connectivity index (χ1n) is 5.18. The Bertz CT molecular complexity index is 282. The van der Waals surface area contributed by atoms with Gasteiger partial charge >= 0.3 is 12.0 Å². The number of rotatable bonds is 2. The van der Waals surface area contributed by atoms with Crippen LogP contribution >= 0.6 is 11.6 Å². The van der Waals surface area contributed by atoms with Crippen LogP contribution < -0.4 is 0 Å². The molecule has 0 spiro atoms. The average molecular weight is 235 g/mol. The van der Waals surface area contributed by atoms with Crippen LogP contribution in [0.15, 0.2) is 0 Å². The Labute approximate surface area is 94.4 Å². The van der Waals surface area contributed by atoms with Crippen molar-refractivity contribution in [3.63, 3.8) is 0 Å². The van der Waals surface area contributed by atoms with Crippen molar-refractivity contribution in [2.75, 3.05) is 12.4 Å². The number of alkyl halides is 1. The van der Waals surface area contributed by atoms with E-state index in [1.807, 2.05) is 6.92 Å². The summed E-state index contributed by atoms with van der Waals surface area (Å²) in [7, 11) is 0. The number of carbonyl (C=O) groups excluding carboxylic acids is 1. The highest BCUT2D eigenvalue weighted by molar-refractivity contribution is 6.19. The number of carbonyl (C=O) groups is 2. The van der Waals surface area contributed by atoms with Gasteiger partial charge in [0, 0.05) is 18.7 Å². The van der Waals surface area contributed by atoms with Crippen molar-refractivity contribution in [1.29, 1.82) is 0 Å². The largest absolute Gasteiger partial charge is 0.521 e. The lowest BCUT2D eigenvalue weighted by atomic mass is 10.1. The van der Waals surface area contributed by atoms with Gasteiger partial charge in [-0.3, -0.25) is 0 Å². The Balaban J connectivity index is 3.02. The summed E-state index contributed by atoms with van der Waals surface area (Å²) in [4.78, 5) is 23.4. The Morgan fingerprint density at radius 1 is 1.60 bits per heavy atom. The topological polar surface area (TPSA) is 54.4 Å². The molecule has 1 aliphatic rings. The summed E-state index contributed by atoms with van der Waals surface area (Å²) in [5.74, 6) is -0.482. The zero-order chi connectivity index (χ0) is 11.6. The van der Waals surface area contributed by atoms with Crippen LogP contribution in [-0.4, -0.2) is 40.1 Å². The van der Waals surface area contributed by atoms with Crippen molar-refractivity contribution >= 4 is 23.6 Å². The SMILES string of the molecule is C[C@H](CCl)C(=O)[N+]1(C(=O)O)CCC[C@H]1C. The van der Waals surface area contributed by atoms with Crippen molar-refractivity contribution in [3.05, 3.63) is 0 Å². The highest BCUT2D eigenvalue weighted by Crippen LogP contribution is 2.30. The smallest absolute Gasteiger partial charge is 0.435 e. The maximum atomic E-state index is 12.1. The second-order valence-electron chi connectivity index (χ2n) is 4.26. The monoisotopic (exact) mass is 234 g/mol. The number of likely N-dealkylation sites (tertiary alicyclic amines) is 1. The molecule has 4 nitrogen and oxygen atoms in total. The molecule has 3 atom stereocenters. The quantitative estimate of drug-likeness (QED) is 0.588. The highest BCUT2D eigenvalue weighted by atomic mass is 35.5. The van der Waals surface area contributed by atoms with E-state index in [0.29, 0.717) is 6.54 Å². The van der Waals surface area contributed by atoms with Gasteiger partial charge in [0.25, 0.3) is 0 Å². The molecule has 86 valence electrons. The average Bonchev–Trinajstić information content (AvgIpc) is 2.58. The molecule has 0 radical (unpaired) electrons. The minimum atomic E-state index is -1.04. The molecular weight excluding hydrogens is 218 g/mol. The predicted octanol–water partition coefficient (Wildman–Crippen LogP) is 2.06. The molecule has 5 heteroatoms. The zero-order valence-electron chi connectivity index (χ0n) is 9.07. The van der Waals surface area contributed by atoms with E-state index < -0.39 is 16.5 Å². The minimum absolute atomic E-state index is 0.138. The third-order valence-corrected chi connectivity index (χ3v) is 3.74. The lowest BCUT2D eigenvalue weighted by molar-refractivity contribution is -0.793. The summed E-state index contributed by atoms with van der Waals surface area (Å²) in [5.41, 5.74) is 0. The summed E-state index contributed by atoms with van der Waals surface area (Å²) >= 11 is 5.62. The van der Waals surface area contributed by atoms with Crippen molar-refractivity contribution < 1.29 is 19.2 Å². The van der Waals surface area contributed by atoms with Crippen LogP contribution in [0.1, 0.15) is 26.7 Å². The fraction of sp³-hybridized carbons (Fsp3) is 0.800. The van der Waals surface area contributed by atoms with Gasteiger partial charge in [-0.2, -0.15) is 9.28 Å². The van der Waals surface area contributed by atoms with E-state index in [1.165, 1.54) is 0 Å². The molecule has 1 rings (SSSR count). The minimum Gasteiger partial charge on any atom is -0.435 e. The van der Waals surface area contributed by atoms with E-state index in [0.717, 1.165) is 12.8 Å². The number of hydrogen-bond acceptors (Lipinski definition) is 2. The van der Waals surface area contributed by atoms with Gasteiger partial charge in [-0.1, -0.05) is 0 Å². The van der Waals surface area contributed by atoms with Crippen molar-refractivity contribution in [3.8, 4) is 0 Å². The predicted molar refractivity (Wildman–Crippen MR) is 56.7 cm³/mol. The Morgan fingerprint density at radius 2 is 2.20 bits per heavy atom. The van der Waals surface area contributed by atoms with Gasteiger partial charge in [0.05, 0.1) is 12.5 Å². The molecule has 15 heavy (non-hydrogen) atoms. The molecule has 2 amide bonds. The molecule has 0 saturated carbocycles. The van der Waals surface area contributed by atoms with E-state index >= 15 is 0 Å². The Morgan fingerprint density at radius 3 is 2.53 bits per heavy atom. The molecular formula is C10H17ClNO3+. The fourth-order valence-electron chi connectivity index (χ4n) is 2.24. The van der Waals surface area contributed by atoms with E-state index in [2.05, 4.69) is 0 Å². The first kappa shape index (κ1) is 12.5. The summed E-state index contributed by atoms with van der Waals surface area (Å²) < 4.78 is -0.437. The fourth-order valence-corrected chi connectivity index (χ4v) is 2.37. The van der Waals surface area contributed by atoms with Crippen molar-refractivity contribution in [1.82, 2.24) is 0 Å². The molecule has 1 fully saturated rings. The summed E-state index contributed by atoms with van der Waals surface area (Å²) in [5, 5.41) is 9.26. The van der Waals surface area contributed by atoms with Crippen LogP contribution in [0.4, 0.5) is 4.79 Å². The van der Waals surface area contributed by atoms with E-state index in [9.17, 15) is 14.7 Å². The first-order valence-corrected chi connectivity index (χ1v) is 5.72. The van der Waals surface area contributed by atoms with Gasteiger partial charge in [0.1, 0.15) is 6.04 Å². The lowest BCUT2D eigenvalue weighted by Gasteiger charge is -2.31. The van der Waals surface area contributed by atoms with Crippen LogP contribution in [0.25, 0.3) is 0 Å². The lowest BCUT2D eigenvalue weighted by Crippen LogP contribution is -2.60. The van der Waals surface area contributed by atoms with Crippen LogP contribution in [0, 0.1) is 5.92 Å². The van der Waals surface area contributed by atoms with Gasteiger partial charge in [-0.15, -0.1) is 11.6 Å². The Hall–Kier alpha value is -0.610. The van der Waals surface area contributed by atoms with E-state index in [1.54, 1.807) is 6.92 Å². The molecule has 1 heterocycles. The van der Waals surface area contributed by atoms with Crippen LogP contribution in [-0.2, 0) is 4.79 Å². The second-order valence-corrected chi connectivity index (χ2v) is 4.57.